The van der Waals surface area contributed by atoms with E-state index in [-0.39, 0.29) is 30.4 Å². The second-order valence-corrected chi connectivity index (χ2v) is 8.43. The van der Waals surface area contributed by atoms with Gasteiger partial charge in [0.05, 0.1) is 29.7 Å². The highest BCUT2D eigenvalue weighted by atomic mass is 16.5. The normalized spacial score (nSPS) is 12.2. The summed E-state index contributed by atoms with van der Waals surface area (Å²) in [4.78, 5) is 32.8. The van der Waals surface area contributed by atoms with Crippen molar-refractivity contribution in [2.24, 2.45) is 0 Å². The van der Waals surface area contributed by atoms with Gasteiger partial charge in [0.2, 0.25) is 5.91 Å². The number of imidazole rings is 1. The molecule has 0 radical (unpaired) electrons. The maximum atomic E-state index is 13.2. The number of rotatable bonds is 8. The largest absolute Gasteiger partial charge is 0.496 e. The number of methoxy groups -OCH3 is 1. The minimum atomic E-state index is -0.417. The zero-order chi connectivity index (χ0) is 23.4. The van der Waals surface area contributed by atoms with E-state index in [0.29, 0.717) is 17.1 Å². The summed E-state index contributed by atoms with van der Waals surface area (Å²) in [5.74, 6) is 0.897. The number of carbonyl (C=O) groups is 2. The predicted molar refractivity (Wildman–Crippen MR) is 126 cm³/mol. The van der Waals surface area contributed by atoms with Crippen LogP contribution in [0.4, 0.5) is 0 Å². The van der Waals surface area contributed by atoms with Gasteiger partial charge in [-0.2, -0.15) is 0 Å². The summed E-state index contributed by atoms with van der Waals surface area (Å²) in [6, 6.07) is 14.5. The fourth-order valence-corrected chi connectivity index (χ4v) is 4.15. The number of nitrogens with one attached hydrogen (secondary N) is 1. The molecule has 1 atom stereocenters. The van der Waals surface area contributed by atoms with Crippen LogP contribution in [0.15, 0.2) is 48.5 Å². The summed E-state index contributed by atoms with van der Waals surface area (Å²) in [6.45, 7) is 10.1. The van der Waals surface area contributed by atoms with Crippen molar-refractivity contribution < 1.29 is 14.3 Å². The molecule has 2 aromatic carbocycles. The second kappa shape index (κ2) is 9.85. The van der Waals surface area contributed by atoms with Crippen molar-refractivity contribution in [1.29, 1.82) is 0 Å². The molecule has 32 heavy (non-hydrogen) atoms. The number of carbonyl (C=O) groups excluding carboxylic acids is 2. The maximum Gasteiger partial charge on any atom is 0.255 e. The summed E-state index contributed by atoms with van der Waals surface area (Å²) in [5, 5.41) is 3.01. The molecule has 0 saturated carbocycles. The monoisotopic (exact) mass is 436 g/mol. The molecule has 7 heteroatoms. The summed E-state index contributed by atoms with van der Waals surface area (Å²) in [7, 11) is 1.54. The van der Waals surface area contributed by atoms with Crippen LogP contribution >= 0.6 is 0 Å². The number of nitrogens with zero attached hydrogens (tertiary/aromatic N) is 3. The first-order valence-corrected chi connectivity index (χ1v) is 10.9. The Labute approximate surface area is 189 Å². The molecule has 1 heterocycles. The first kappa shape index (κ1) is 23.3. The van der Waals surface area contributed by atoms with E-state index in [4.69, 9.17) is 9.72 Å². The number of fused-ring (bicyclic) bond motifs is 1. The van der Waals surface area contributed by atoms with Gasteiger partial charge in [0.1, 0.15) is 18.1 Å². The molecule has 0 saturated heterocycles. The Hall–Kier alpha value is -3.35. The maximum absolute atomic E-state index is 13.2. The van der Waals surface area contributed by atoms with Crippen molar-refractivity contribution in [2.75, 3.05) is 7.11 Å². The van der Waals surface area contributed by atoms with Crippen molar-refractivity contribution in [3.63, 3.8) is 0 Å². The van der Waals surface area contributed by atoms with Crippen molar-refractivity contribution in [2.45, 2.75) is 59.3 Å². The lowest BCUT2D eigenvalue weighted by molar-refractivity contribution is -0.135. The van der Waals surface area contributed by atoms with Crippen molar-refractivity contribution in [3.8, 4) is 5.75 Å². The number of hydrogen-bond acceptors (Lipinski definition) is 4. The van der Waals surface area contributed by atoms with Gasteiger partial charge < -0.3 is 19.5 Å². The average molecular weight is 437 g/mol. The van der Waals surface area contributed by atoms with Gasteiger partial charge in [-0.3, -0.25) is 9.59 Å². The average Bonchev–Trinajstić information content (AvgIpc) is 3.11. The van der Waals surface area contributed by atoms with Crippen LogP contribution in [-0.2, 0) is 11.3 Å². The third kappa shape index (κ3) is 4.77. The van der Waals surface area contributed by atoms with Crippen LogP contribution in [0, 0.1) is 0 Å². The third-order valence-corrected chi connectivity index (χ3v) is 5.46. The standard InChI is InChI=1S/C25H32N4O3/c1-16(2)29(17(3)4)23(30)15-28-21-13-9-8-12-20(21)27-24(28)18(5)26-25(31)19-11-7-10-14-22(19)32-6/h7-14,16-18H,15H2,1-6H3,(H,26,31). The van der Waals surface area contributed by atoms with E-state index >= 15 is 0 Å². The van der Waals surface area contributed by atoms with Crippen LogP contribution in [-0.4, -0.2) is 45.5 Å². The number of benzene rings is 2. The van der Waals surface area contributed by atoms with Gasteiger partial charge in [-0.1, -0.05) is 24.3 Å². The molecule has 1 unspecified atom stereocenters. The van der Waals surface area contributed by atoms with Crippen molar-refractivity contribution >= 4 is 22.8 Å². The number of aromatic nitrogens is 2. The van der Waals surface area contributed by atoms with E-state index in [2.05, 4.69) is 5.32 Å². The Morgan fingerprint density at radius 2 is 1.62 bits per heavy atom. The molecule has 170 valence electrons. The van der Waals surface area contributed by atoms with E-state index in [0.717, 1.165) is 11.0 Å². The molecule has 0 aliphatic rings. The summed E-state index contributed by atoms with van der Waals surface area (Å²) in [6.07, 6.45) is 0. The molecule has 0 bridgehead atoms. The highest BCUT2D eigenvalue weighted by Gasteiger charge is 2.25. The van der Waals surface area contributed by atoms with Crippen LogP contribution in [0.2, 0.25) is 0 Å². The minimum absolute atomic E-state index is 0.0164. The molecule has 2 amide bonds. The fraction of sp³-hybridized carbons (Fsp3) is 0.400. The van der Waals surface area contributed by atoms with Crippen LogP contribution in [0.25, 0.3) is 11.0 Å². The van der Waals surface area contributed by atoms with Gasteiger partial charge in [-0.15, -0.1) is 0 Å². The third-order valence-electron chi connectivity index (χ3n) is 5.46. The van der Waals surface area contributed by atoms with Crippen LogP contribution in [0.5, 0.6) is 5.75 Å². The van der Waals surface area contributed by atoms with E-state index < -0.39 is 6.04 Å². The molecule has 7 nitrogen and oxygen atoms in total. The SMILES string of the molecule is COc1ccccc1C(=O)NC(C)c1nc2ccccc2n1CC(=O)N(C(C)C)C(C)C. The number of amides is 2. The Morgan fingerprint density at radius 3 is 2.28 bits per heavy atom. The molecule has 3 rings (SSSR count). The van der Waals surface area contributed by atoms with Gasteiger partial charge in [0.15, 0.2) is 0 Å². The van der Waals surface area contributed by atoms with E-state index in [9.17, 15) is 9.59 Å². The lowest BCUT2D eigenvalue weighted by Crippen LogP contribution is -2.44. The van der Waals surface area contributed by atoms with Crippen molar-refractivity contribution in [3.05, 3.63) is 59.9 Å². The summed E-state index contributed by atoms with van der Waals surface area (Å²) < 4.78 is 7.22. The quantitative estimate of drug-likeness (QED) is 0.575. The smallest absolute Gasteiger partial charge is 0.255 e. The molecular formula is C25H32N4O3. The van der Waals surface area contributed by atoms with Gasteiger partial charge in [0.25, 0.3) is 5.91 Å². The molecular weight excluding hydrogens is 404 g/mol. The van der Waals surface area contributed by atoms with Crippen LogP contribution in [0.1, 0.15) is 56.8 Å². The topological polar surface area (TPSA) is 76.5 Å². The molecule has 1 aromatic heterocycles. The Kier molecular flexibility index (Phi) is 7.18. The fourth-order valence-electron chi connectivity index (χ4n) is 4.15. The molecule has 0 fully saturated rings. The summed E-state index contributed by atoms with van der Waals surface area (Å²) in [5.41, 5.74) is 2.10. The Morgan fingerprint density at radius 1 is 1.00 bits per heavy atom. The Balaban J connectivity index is 1.94. The van der Waals surface area contributed by atoms with Gasteiger partial charge in [0, 0.05) is 12.1 Å². The van der Waals surface area contributed by atoms with Crippen LogP contribution < -0.4 is 10.1 Å². The predicted octanol–water partition coefficient (Wildman–Crippen LogP) is 4.18. The van der Waals surface area contributed by atoms with Gasteiger partial charge >= 0.3 is 0 Å². The first-order chi connectivity index (χ1) is 15.2. The molecule has 0 aliphatic heterocycles. The number of ether oxygens (including phenoxy) is 1. The minimum Gasteiger partial charge on any atom is -0.496 e. The first-order valence-electron chi connectivity index (χ1n) is 10.9. The zero-order valence-electron chi connectivity index (χ0n) is 19.6. The number of hydrogen-bond donors (Lipinski definition) is 1. The lowest BCUT2D eigenvalue weighted by atomic mass is 10.1. The van der Waals surface area contributed by atoms with E-state index in [1.54, 1.807) is 18.2 Å². The van der Waals surface area contributed by atoms with E-state index in [1.165, 1.54) is 7.11 Å². The lowest BCUT2D eigenvalue weighted by Gasteiger charge is -2.31. The van der Waals surface area contributed by atoms with Crippen molar-refractivity contribution in [1.82, 2.24) is 19.8 Å². The molecule has 3 aromatic rings. The zero-order valence-corrected chi connectivity index (χ0v) is 19.6. The second-order valence-electron chi connectivity index (χ2n) is 8.43. The summed E-state index contributed by atoms with van der Waals surface area (Å²) >= 11 is 0. The molecule has 0 spiro atoms. The molecule has 0 aliphatic carbocycles. The Bertz CT molecular complexity index is 1100. The van der Waals surface area contributed by atoms with Gasteiger partial charge in [-0.05, 0) is 58.9 Å². The molecule has 1 N–H and O–H groups in total. The highest BCUT2D eigenvalue weighted by Crippen LogP contribution is 2.23. The number of para-hydroxylation sites is 3. The van der Waals surface area contributed by atoms with Crippen LogP contribution in [0.3, 0.4) is 0 Å². The van der Waals surface area contributed by atoms with E-state index in [1.807, 2.05) is 74.4 Å². The highest BCUT2D eigenvalue weighted by molar-refractivity contribution is 5.97. The van der Waals surface area contributed by atoms with Gasteiger partial charge in [-0.25, -0.2) is 4.98 Å².